The van der Waals surface area contributed by atoms with Crippen LogP contribution >= 0.6 is 24.0 Å². The molecule has 3 N–H and O–H groups in total. The number of nitrogens with one attached hydrogen (secondary N) is 2. The Morgan fingerprint density at radius 1 is 1.30 bits per heavy atom. The number of benzene rings is 1. The van der Waals surface area contributed by atoms with Gasteiger partial charge < -0.3 is 20.5 Å². The highest BCUT2D eigenvalue weighted by molar-refractivity contribution is 14.0. The van der Waals surface area contributed by atoms with Crippen LogP contribution in [0.15, 0.2) is 23.2 Å². The van der Waals surface area contributed by atoms with E-state index in [9.17, 15) is 4.39 Å². The first-order valence-electron chi connectivity index (χ1n) is 7.69. The third-order valence-electron chi connectivity index (χ3n) is 3.01. The number of aliphatic hydroxyl groups is 1. The summed E-state index contributed by atoms with van der Waals surface area (Å²) in [5, 5.41) is 15.5. The van der Waals surface area contributed by atoms with Crippen molar-refractivity contribution in [3.05, 3.63) is 35.1 Å². The van der Waals surface area contributed by atoms with E-state index in [4.69, 9.17) is 9.84 Å². The molecule has 1 aromatic rings. The lowest BCUT2D eigenvalue weighted by atomic mass is 10.1. The van der Waals surface area contributed by atoms with Crippen molar-refractivity contribution in [1.29, 1.82) is 0 Å². The molecule has 132 valence electrons. The summed E-state index contributed by atoms with van der Waals surface area (Å²) >= 11 is 0. The number of aliphatic hydroxyl groups excluding tert-OH is 1. The number of hydrogen-bond acceptors (Lipinski definition) is 3. The van der Waals surface area contributed by atoms with E-state index in [1.165, 1.54) is 6.07 Å². The summed E-state index contributed by atoms with van der Waals surface area (Å²) in [5.74, 6) is 0.324. The molecule has 0 amide bonds. The summed E-state index contributed by atoms with van der Waals surface area (Å²) in [5.41, 5.74) is 1.15. The Bertz CT molecular complexity index is 473. The van der Waals surface area contributed by atoms with Crippen molar-refractivity contribution < 1.29 is 14.2 Å². The topological polar surface area (TPSA) is 65.9 Å². The molecule has 0 unspecified atom stereocenters. The minimum Gasteiger partial charge on any atom is -0.392 e. The average Bonchev–Trinajstić information content (AvgIpc) is 2.53. The van der Waals surface area contributed by atoms with Gasteiger partial charge in [0.1, 0.15) is 5.82 Å². The third-order valence-corrected chi connectivity index (χ3v) is 3.01. The molecule has 0 saturated heterocycles. The van der Waals surface area contributed by atoms with Crippen LogP contribution in [0.1, 0.15) is 31.4 Å². The van der Waals surface area contributed by atoms with Crippen molar-refractivity contribution in [2.75, 3.05) is 26.3 Å². The van der Waals surface area contributed by atoms with E-state index >= 15 is 0 Å². The van der Waals surface area contributed by atoms with Gasteiger partial charge in [-0.25, -0.2) is 9.38 Å². The molecule has 7 heteroatoms. The first kappa shape index (κ1) is 22.1. The van der Waals surface area contributed by atoms with Gasteiger partial charge in [0.05, 0.1) is 13.2 Å². The van der Waals surface area contributed by atoms with Crippen LogP contribution in [-0.4, -0.2) is 37.4 Å². The first-order chi connectivity index (χ1) is 10.7. The van der Waals surface area contributed by atoms with Crippen molar-refractivity contribution in [1.82, 2.24) is 10.6 Å². The van der Waals surface area contributed by atoms with Gasteiger partial charge in [0, 0.05) is 31.9 Å². The number of ether oxygens (including phenoxy) is 1. The van der Waals surface area contributed by atoms with Crippen LogP contribution in [0.25, 0.3) is 0 Å². The van der Waals surface area contributed by atoms with Crippen molar-refractivity contribution in [2.24, 2.45) is 4.99 Å². The molecule has 23 heavy (non-hydrogen) atoms. The number of halogens is 2. The van der Waals surface area contributed by atoms with Crippen molar-refractivity contribution in [3.8, 4) is 0 Å². The second-order valence-electron chi connectivity index (χ2n) is 4.76. The fourth-order valence-electron chi connectivity index (χ4n) is 1.89. The molecule has 0 aliphatic carbocycles. The molecule has 0 radical (unpaired) electrons. The van der Waals surface area contributed by atoms with E-state index in [0.29, 0.717) is 18.1 Å². The molecule has 0 spiro atoms. The van der Waals surface area contributed by atoms with E-state index in [-0.39, 0.29) is 30.6 Å². The van der Waals surface area contributed by atoms with Gasteiger partial charge >= 0.3 is 0 Å². The van der Waals surface area contributed by atoms with E-state index in [1.807, 2.05) is 13.8 Å². The zero-order chi connectivity index (χ0) is 16.2. The normalized spacial score (nSPS) is 11.0. The van der Waals surface area contributed by atoms with Crippen LogP contribution in [0.4, 0.5) is 4.39 Å². The standard InChI is InChI=1S/C16H26FN3O2.HI/c1-3-18-16(19-8-5-9-22-4-2)20-11-13-6-7-15(17)14(10-13)12-21;/h6-7,10,21H,3-5,8-9,11-12H2,1-2H3,(H2,18,19,20);1H. The van der Waals surface area contributed by atoms with Crippen molar-refractivity contribution >= 4 is 29.9 Å². The molecule has 0 heterocycles. The molecule has 1 rings (SSSR count). The zero-order valence-corrected chi connectivity index (χ0v) is 16.1. The van der Waals surface area contributed by atoms with E-state index in [0.717, 1.165) is 38.3 Å². The molecule has 0 aliphatic heterocycles. The second kappa shape index (κ2) is 13.5. The van der Waals surface area contributed by atoms with Gasteiger partial charge in [-0.2, -0.15) is 0 Å². The highest BCUT2D eigenvalue weighted by Gasteiger charge is 2.03. The SMILES string of the molecule is CCNC(=NCc1ccc(F)c(CO)c1)NCCCOCC.I. The fourth-order valence-corrected chi connectivity index (χ4v) is 1.89. The highest BCUT2D eigenvalue weighted by atomic mass is 127. The molecule has 0 saturated carbocycles. The number of guanidine groups is 1. The van der Waals surface area contributed by atoms with Gasteiger partial charge in [0.25, 0.3) is 0 Å². The van der Waals surface area contributed by atoms with Crippen LogP contribution in [0.5, 0.6) is 0 Å². The number of nitrogens with zero attached hydrogens (tertiary/aromatic N) is 1. The van der Waals surface area contributed by atoms with Crippen LogP contribution in [0.2, 0.25) is 0 Å². The number of rotatable bonds is 9. The Kier molecular flexibility index (Phi) is 13.0. The molecular weight excluding hydrogens is 412 g/mol. The maximum Gasteiger partial charge on any atom is 0.191 e. The maximum atomic E-state index is 13.3. The summed E-state index contributed by atoms with van der Waals surface area (Å²) in [6.45, 7) is 7.08. The zero-order valence-electron chi connectivity index (χ0n) is 13.8. The molecule has 0 aromatic heterocycles. The van der Waals surface area contributed by atoms with E-state index in [2.05, 4.69) is 15.6 Å². The summed E-state index contributed by atoms with van der Waals surface area (Å²) in [6.07, 6.45) is 0.906. The Labute approximate surface area is 154 Å². The second-order valence-corrected chi connectivity index (χ2v) is 4.76. The summed E-state index contributed by atoms with van der Waals surface area (Å²) in [4.78, 5) is 4.46. The van der Waals surface area contributed by atoms with Crippen LogP contribution in [0.3, 0.4) is 0 Å². The average molecular weight is 439 g/mol. The molecule has 0 bridgehead atoms. The third kappa shape index (κ3) is 9.07. The number of hydrogen-bond donors (Lipinski definition) is 3. The largest absolute Gasteiger partial charge is 0.392 e. The molecule has 0 aliphatic rings. The lowest BCUT2D eigenvalue weighted by Gasteiger charge is -2.11. The Morgan fingerprint density at radius 2 is 2.09 bits per heavy atom. The van der Waals surface area contributed by atoms with Gasteiger partial charge in [-0.15, -0.1) is 24.0 Å². The molecule has 1 aromatic carbocycles. The maximum absolute atomic E-state index is 13.3. The van der Waals surface area contributed by atoms with Crippen LogP contribution in [0, 0.1) is 5.82 Å². The quantitative estimate of drug-likeness (QED) is 0.239. The minimum atomic E-state index is -0.392. The van der Waals surface area contributed by atoms with E-state index in [1.54, 1.807) is 12.1 Å². The van der Waals surface area contributed by atoms with Gasteiger partial charge in [0.2, 0.25) is 0 Å². The van der Waals surface area contributed by atoms with Gasteiger partial charge in [0.15, 0.2) is 5.96 Å². The first-order valence-corrected chi connectivity index (χ1v) is 7.69. The molecular formula is C16H27FIN3O2. The molecule has 5 nitrogen and oxygen atoms in total. The Hall–Kier alpha value is -0.930. The van der Waals surface area contributed by atoms with Crippen molar-refractivity contribution in [3.63, 3.8) is 0 Å². The lowest BCUT2D eigenvalue weighted by molar-refractivity contribution is 0.145. The fraction of sp³-hybridized carbons (Fsp3) is 0.562. The monoisotopic (exact) mass is 439 g/mol. The predicted molar refractivity (Wildman–Crippen MR) is 102 cm³/mol. The number of aliphatic imine (C=N–C) groups is 1. The molecule has 0 atom stereocenters. The lowest BCUT2D eigenvalue weighted by Crippen LogP contribution is -2.38. The summed E-state index contributed by atoms with van der Waals surface area (Å²) in [7, 11) is 0. The smallest absolute Gasteiger partial charge is 0.191 e. The van der Waals surface area contributed by atoms with Crippen LogP contribution in [-0.2, 0) is 17.9 Å². The van der Waals surface area contributed by atoms with Crippen molar-refractivity contribution in [2.45, 2.75) is 33.4 Å². The molecule has 0 fully saturated rings. The van der Waals surface area contributed by atoms with Gasteiger partial charge in [-0.1, -0.05) is 6.07 Å². The van der Waals surface area contributed by atoms with Gasteiger partial charge in [-0.05, 0) is 38.0 Å². The highest BCUT2D eigenvalue weighted by Crippen LogP contribution is 2.11. The van der Waals surface area contributed by atoms with Crippen LogP contribution < -0.4 is 10.6 Å². The summed E-state index contributed by atoms with van der Waals surface area (Å²) < 4.78 is 18.6. The van der Waals surface area contributed by atoms with Gasteiger partial charge in [-0.3, -0.25) is 0 Å². The summed E-state index contributed by atoms with van der Waals surface area (Å²) in [6, 6.07) is 4.67. The Morgan fingerprint density at radius 3 is 2.74 bits per heavy atom. The minimum absolute atomic E-state index is 0. The van der Waals surface area contributed by atoms with E-state index < -0.39 is 5.82 Å². The Balaban J connectivity index is 0.00000484. The predicted octanol–water partition coefficient (Wildman–Crippen LogP) is 2.42.